The molecule has 1 fully saturated rings. The summed E-state index contributed by atoms with van der Waals surface area (Å²) in [4.78, 5) is 31.8. The van der Waals surface area contributed by atoms with E-state index in [1.165, 1.54) is 36.0 Å². The maximum atomic E-state index is 13.2. The predicted molar refractivity (Wildman–Crippen MR) is 119 cm³/mol. The fourth-order valence-corrected chi connectivity index (χ4v) is 4.40. The maximum absolute atomic E-state index is 13.2. The SMILES string of the molecule is O=C(Nc1ccc(F)cc1)C(Sc1ccc(C(=O)N2CCCC2)cn1)c1ccccc1. The van der Waals surface area contributed by atoms with Gasteiger partial charge in [-0.3, -0.25) is 9.59 Å². The van der Waals surface area contributed by atoms with Crippen molar-refractivity contribution >= 4 is 29.3 Å². The van der Waals surface area contributed by atoms with Crippen LogP contribution in [0.1, 0.15) is 34.0 Å². The summed E-state index contributed by atoms with van der Waals surface area (Å²) in [6.07, 6.45) is 3.65. The number of nitrogens with one attached hydrogen (secondary N) is 1. The molecule has 1 unspecified atom stereocenters. The smallest absolute Gasteiger partial charge is 0.255 e. The highest BCUT2D eigenvalue weighted by molar-refractivity contribution is 8.00. The lowest BCUT2D eigenvalue weighted by Crippen LogP contribution is -2.27. The van der Waals surface area contributed by atoms with E-state index >= 15 is 0 Å². The van der Waals surface area contributed by atoms with E-state index in [0.29, 0.717) is 16.3 Å². The Labute approximate surface area is 184 Å². The van der Waals surface area contributed by atoms with Crippen LogP contribution in [0.5, 0.6) is 0 Å². The van der Waals surface area contributed by atoms with Gasteiger partial charge in [0.15, 0.2) is 0 Å². The van der Waals surface area contributed by atoms with Crippen LogP contribution in [0.3, 0.4) is 0 Å². The molecular formula is C24H22FN3O2S. The molecule has 7 heteroatoms. The topological polar surface area (TPSA) is 62.3 Å². The van der Waals surface area contributed by atoms with Gasteiger partial charge in [0.25, 0.3) is 5.91 Å². The second-order valence-electron chi connectivity index (χ2n) is 7.29. The molecule has 0 spiro atoms. The van der Waals surface area contributed by atoms with Crippen molar-refractivity contribution < 1.29 is 14.0 Å². The minimum Gasteiger partial charge on any atom is -0.339 e. The monoisotopic (exact) mass is 435 g/mol. The summed E-state index contributed by atoms with van der Waals surface area (Å²) < 4.78 is 13.2. The third-order valence-corrected chi connectivity index (χ3v) is 6.27. The number of halogens is 1. The fraction of sp³-hybridized carbons (Fsp3) is 0.208. The number of likely N-dealkylation sites (tertiary alicyclic amines) is 1. The first-order chi connectivity index (χ1) is 15.1. The van der Waals surface area contributed by atoms with Crippen LogP contribution in [0.2, 0.25) is 0 Å². The van der Waals surface area contributed by atoms with Gasteiger partial charge in [0.05, 0.1) is 10.6 Å². The molecule has 0 saturated carbocycles. The third-order valence-electron chi connectivity index (χ3n) is 5.07. The van der Waals surface area contributed by atoms with Crippen LogP contribution in [-0.4, -0.2) is 34.8 Å². The van der Waals surface area contributed by atoms with Gasteiger partial charge in [0, 0.05) is 25.0 Å². The number of rotatable bonds is 6. The fourth-order valence-electron chi connectivity index (χ4n) is 3.44. The van der Waals surface area contributed by atoms with Crippen molar-refractivity contribution in [1.29, 1.82) is 0 Å². The standard InChI is InChI=1S/C24H22FN3O2S/c25-19-9-11-20(12-10-19)27-23(29)22(17-6-2-1-3-7-17)31-21-13-8-18(16-26-21)24(30)28-14-4-5-15-28/h1-3,6-13,16,22H,4-5,14-15H2,(H,27,29). The van der Waals surface area contributed by atoms with Crippen LogP contribution < -0.4 is 5.32 Å². The molecule has 31 heavy (non-hydrogen) atoms. The van der Waals surface area contributed by atoms with Crippen molar-refractivity contribution in [2.24, 2.45) is 0 Å². The maximum Gasteiger partial charge on any atom is 0.255 e. The lowest BCUT2D eigenvalue weighted by Gasteiger charge is -2.17. The van der Waals surface area contributed by atoms with Gasteiger partial charge < -0.3 is 10.2 Å². The molecule has 4 rings (SSSR count). The van der Waals surface area contributed by atoms with Crippen LogP contribution in [0.25, 0.3) is 0 Å². The summed E-state index contributed by atoms with van der Waals surface area (Å²) in [5, 5.41) is 2.92. The lowest BCUT2D eigenvalue weighted by molar-refractivity contribution is -0.115. The van der Waals surface area contributed by atoms with E-state index in [2.05, 4.69) is 10.3 Å². The van der Waals surface area contributed by atoms with Crippen molar-refractivity contribution in [1.82, 2.24) is 9.88 Å². The quantitative estimate of drug-likeness (QED) is 0.558. The van der Waals surface area contributed by atoms with E-state index in [9.17, 15) is 14.0 Å². The van der Waals surface area contributed by atoms with Crippen LogP contribution in [0, 0.1) is 5.82 Å². The first-order valence-corrected chi connectivity index (χ1v) is 11.0. The van der Waals surface area contributed by atoms with Gasteiger partial charge in [-0.05, 0) is 54.8 Å². The molecule has 3 aromatic rings. The van der Waals surface area contributed by atoms with Crippen molar-refractivity contribution in [3.8, 4) is 0 Å². The number of amides is 2. The first kappa shape index (κ1) is 21.1. The van der Waals surface area contributed by atoms with Crippen molar-refractivity contribution in [2.45, 2.75) is 23.1 Å². The summed E-state index contributed by atoms with van der Waals surface area (Å²) in [5.41, 5.74) is 1.90. The lowest BCUT2D eigenvalue weighted by atomic mass is 10.1. The van der Waals surface area contributed by atoms with Gasteiger partial charge in [0.2, 0.25) is 5.91 Å². The second-order valence-corrected chi connectivity index (χ2v) is 8.41. The molecule has 5 nitrogen and oxygen atoms in total. The number of aromatic nitrogens is 1. The predicted octanol–water partition coefficient (Wildman–Crippen LogP) is 4.93. The summed E-state index contributed by atoms with van der Waals surface area (Å²) in [7, 11) is 0. The Hall–Kier alpha value is -3.19. The first-order valence-electron chi connectivity index (χ1n) is 10.1. The Balaban J connectivity index is 1.51. The zero-order chi connectivity index (χ0) is 21.6. The highest BCUT2D eigenvalue weighted by Gasteiger charge is 2.24. The van der Waals surface area contributed by atoms with E-state index in [4.69, 9.17) is 0 Å². The Morgan fingerprint density at radius 3 is 2.32 bits per heavy atom. The third kappa shape index (κ3) is 5.30. The molecule has 1 aliphatic heterocycles. The molecule has 0 bridgehead atoms. The second kappa shape index (κ2) is 9.75. The van der Waals surface area contributed by atoms with Crippen molar-refractivity contribution in [3.05, 3.63) is 89.9 Å². The average molecular weight is 436 g/mol. The number of hydrogen-bond acceptors (Lipinski definition) is 4. The highest BCUT2D eigenvalue weighted by atomic mass is 32.2. The highest BCUT2D eigenvalue weighted by Crippen LogP contribution is 2.35. The molecule has 2 aromatic carbocycles. The van der Waals surface area contributed by atoms with Gasteiger partial charge in [-0.1, -0.05) is 42.1 Å². The van der Waals surface area contributed by atoms with Gasteiger partial charge in [0.1, 0.15) is 11.1 Å². The average Bonchev–Trinajstić information content (AvgIpc) is 3.34. The van der Waals surface area contributed by atoms with Gasteiger partial charge in [-0.2, -0.15) is 0 Å². The van der Waals surface area contributed by atoms with Crippen molar-refractivity contribution in [3.63, 3.8) is 0 Å². The number of nitrogens with zero attached hydrogens (tertiary/aromatic N) is 2. The molecule has 2 heterocycles. The number of carbonyl (C=O) groups is 2. The Bertz CT molecular complexity index is 1040. The normalized spacial score (nSPS) is 14.3. The van der Waals surface area contributed by atoms with Gasteiger partial charge in [-0.25, -0.2) is 9.37 Å². The zero-order valence-electron chi connectivity index (χ0n) is 16.8. The Morgan fingerprint density at radius 1 is 0.968 bits per heavy atom. The molecule has 1 aromatic heterocycles. The number of benzene rings is 2. The number of pyridine rings is 1. The molecule has 0 aliphatic carbocycles. The summed E-state index contributed by atoms with van der Waals surface area (Å²) in [5.74, 6) is -0.600. The minimum atomic E-state index is -0.557. The number of anilines is 1. The molecular weight excluding hydrogens is 413 g/mol. The van der Waals surface area contributed by atoms with Crippen LogP contribution in [0.15, 0.2) is 78.0 Å². The molecule has 1 saturated heterocycles. The molecule has 1 N–H and O–H groups in total. The largest absolute Gasteiger partial charge is 0.339 e. The Kier molecular flexibility index (Phi) is 6.62. The minimum absolute atomic E-state index is 0.00443. The zero-order valence-corrected chi connectivity index (χ0v) is 17.6. The molecule has 158 valence electrons. The number of thioether (sulfide) groups is 1. The molecule has 1 atom stereocenters. The van der Waals surface area contributed by atoms with Crippen LogP contribution >= 0.6 is 11.8 Å². The Morgan fingerprint density at radius 2 is 1.68 bits per heavy atom. The molecule has 0 radical (unpaired) electrons. The van der Waals surface area contributed by atoms with E-state index < -0.39 is 5.25 Å². The summed E-state index contributed by atoms with van der Waals surface area (Å²) >= 11 is 1.30. The van der Waals surface area contributed by atoms with Crippen molar-refractivity contribution in [2.75, 3.05) is 18.4 Å². The van der Waals surface area contributed by atoms with Gasteiger partial charge in [-0.15, -0.1) is 0 Å². The van der Waals surface area contributed by atoms with E-state index in [1.54, 1.807) is 18.3 Å². The van der Waals surface area contributed by atoms with E-state index in [1.807, 2.05) is 35.2 Å². The summed E-state index contributed by atoms with van der Waals surface area (Å²) in [6, 6.07) is 18.6. The molecule has 1 aliphatic rings. The molecule has 2 amide bonds. The van der Waals surface area contributed by atoms with Crippen LogP contribution in [-0.2, 0) is 4.79 Å². The van der Waals surface area contributed by atoms with E-state index in [0.717, 1.165) is 31.5 Å². The van der Waals surface area contributed by atoms with Gasteiger partial charge >= 0.3 is 0 Å². The van der Waals surface area contributed by atoms with Crippen LogP contribution in [0.4, 0.5) is 10.1 Å². The van der Waals surface area contributed by atoms with E-state index in [-0.39, 0.29) is 17.6 Å². The summed E-state index contributed by atoms with van der Waals surface area (Å²) in [6.45, 7) is 1.57. The number of hydrogen-bond donors (Lipinski definition) is 1. The number of carbonyl (C=O) groups excluding carboxylic acids is 2.